The molecule has 2 N–H and O–H groups in total. The third-order valence-electron chi connectivity index (χ3n) is 3.87. The van der Waals surface area contributed by atoms with Gasteiger partial charge in [0, 0.05) is 17.9 Å². The Morgan fingerprint density at radius 1 is 0.885 bits per heavy atom. The van der Waals surface area contributed by atoms with Crippen molar-refractivity contribution < 1.29 is 9.53 Å². The number of anilines is 2. The van der Waals surface area contributed by atoms with Crippen molar-refractivity contribution >= 4 is 17.3 Å². The van der Waals surface area contributed by atoms with Gasteiger partial charge in [-0.2, -0.15) is 0 Å². The fraction of sp³-hybridized carbons (Fsp3) is 0.136. The van der Waals surface area contributed by atoms with Gasteiger partial charge in [0.2, 0.25) is 0 Å². The van der Waals surface area contributed by atoms with Gasteiger partial charge < -0.3 is 15.4 Å². The zero-order chi connectivity index (χ0) is 18.2. The summed E-state index contributed by atoms with van der Waals surface area (Å²) in [5, 5.41) is 6.19. The number of carbonyl (C=O) groups is 1. The van der Waals surface area contributed by atoms with E-state index in [4.69, 9.17) is 4.74 Å². The van der Waals surface area contributed by atoms with Gasteiger partial charge in [0.25, 0.3) is 5.91 Å². The molecule has 3 aromatic carbocycles. The summed E-state index contributed by atoms with van der Waals surface area (Å²) < 4.78 is 5.54. The highest BCUT2D eigenvalue weighted by molar-refractivity contribution is 5.91. The summed E-state index contributed by atoms with van der Waals surface area (Å²) >= 11 is 0. The molecule has 0 unspecified atom stereocenters. The Balaban J connectivity index is 1.46. The second-order valence-electron chi connectivity index (χ2n) is 6.07. The van der Waals surface area contributed by atoms with Crippen LogP contribution in [0.2, 0.25) is 0 Å². The molecule has 0 saturated heterocycles. The number of benzene rings is 3. The van der Waals surface area contributed by atoms with E-state index in [0.29, 0.717) is 5.75 Å². The first-order valence-electron chi connectivity index (χ1n) is 8.56. The average Bonchev–Trinajstić information content (AvgIpc) is 2.66. The van der Waals surface area contributed by atoms with Crippen molar-refractivity contribution in [2.45, 2.75) is 13.5 Å². The van der Waals surface area contributed by atoms with Crippen LogP contribution in [-0.4, -0.2) is 12.5 Å². The molecule has 0 saturated carbocycles. The lowest BCUT2D eigenvalue weighted by Crippen LogP contribution is -2.20. The van der Waals surface area contributed by atoms with Crippen LogP contribution in [0.5, 0.6) is 5.75 Å². The topological polar surface area (TPSA) is 50.4 Å². The zero-order valence-corrected chi connectivity index (χ0v) is 14.7. The minimum atomic E-state index is -0.179. The average molecular weight is 346 g/mol. The van der Waals surface area contributed by atoms with Crippen molar-refractivity contribution in [3.8, 4) is 5.75 Å². The van der Waals surface area contributed by atoms with Crippen LogP contribution in [0.1, 0.15) is 11.1 Å². The van der Waals surface area contributed by atoms with Crippen LogP contribution in [0.15, 0.2) is 78.9 Å². The Labute approximate surface area is 153 Å². The van der Waals surface area contributed by atoms with Gasteiger partial charge in [-0.3, -0.25) is 4.79 Å². The third kappa shape index (κ3) is 5.38. The van der Waals surface area contributed by atoms with Crippen LogP contribution < -0.4 is 15.4 Å². The lowest BCUT2D eigenvalue weighted by molar-refractivity contribution is -0.118. The largest absolute Gasteiger partial charge is 0.484 e. The smallest absolute Gasteiger partial charge is 0.262 e. The highest BCUT2D eigenvalue weighted by Gasteiger charge is 2.03. The molecule has 0 aliphatic heterocycles. The van der Waals surface area contributed by atoms with E-state index in [9.17, 15) is 4.79 Å². The number of rotatable bonds is 7. The van der Waals surface area contributed by atoms with Crippen LogP contribution in [0.4, 0.5) is 11.4 Å². The first-order chi connectivity index (χ1) is 12.7. The Morgan fingerprint density at radius 3 is 2.35 bits per heavy atom. The zero-order valence-electron chi connectivity index (χ0n) is 14.7. The summed E-state index contributed by atoms with van der Waals surface area (Å²) in [5.74, 6) is 0.494. The lowest BCUT2D eigenvalue weighted by Gasteiger charge is -2.10. The highest BCUT2D eigenvalue weighted by atomic mass is 16.5. The van der Waals surface area contributed by atoms with E-state index >= 15 is 0 Å². The van der Waals surface area contributed by atoms with Gasteiger partial charge in [0.15, 0.2) is 6.61 Å². The number of aryl methyl sites for hydroxylation is 1. The van der Waals surface area contributed by atoms with Crippen molar-refractivity contribution in [2.75, 3.05) is 17.2 Å². The number of hydrogen-bond acceptors (Lipinski definition) is 3. The number of carbonyl (C=O) groups excluding carboxylic acids is 1. The van der Waals surface area contributed by atoms with Crippen LogP contribution in [0.25, 0.3) is 0 Å². The van der Waals surface area contributed by atoms with E-state index in [-0.39, 0.29) is 12.5 Å². The number of nitrogens with one attached hydrogen (secondary N) is 2. The second kappa shape index (κ2) is 8.72. The van der Waals surface area contributed by atoms with Gasteiger partial charge in [-0.15, -0.1) is 0 Å². The molecule has 0 aromatic heterocycles. The van der Waals surface area contributed by atoms with Gasteiger partial charge in [0.1, 0.15) is 5.75 Å². The van der Waals surface area contributed by atoms with Crippen molar-refractivity contribution in [2.24, 2.45) is 0 Å². The molecule has 0 bridgehead atoms. The molecule has 132 valence electrons. The summed E-state index contributed by atoms with van der Waals surface area (Å²) in [7, 11) is 0. The van der Waals surface area contributed by atoms with Gasteiger partial charge in [-0.25, -0.2) is 0 Å². The first kappa shape index (κ1) is 17.5. The maximum atomic E-state index is 11.9. The molecular formula is C22H22N2O2. The van der Waals surface area contributed by atoms with E-state index < -0.39 is 0 Å². The molecule has 3 aromatic rings. The molecule has 26 heavy (non-hydrogen) atoms. The lowest BCUT2D eigenvalue weighted by atomic mass is 10.2. The third-order valence-corrected chi connectivity index (χ3v) is 3.87. The fourth-order valence-electron chi connectivity index (χ4n) is 2.53. The van der Waals surface area contributed by atoms with E-state index in [1.54, 1.807) is 0 Å². The van der Waals surface area contributed by atoms with Crippen molar-refractivity contribution in [1.82, 2.24) is 0 Å². The Kier molecular flexibility index (Phi) is 5.88. The summed E-state index contributed by atoms with van der Waals surface area (Å²) in [6, 6.07) is 25.4. The predicted octanol–water partition coefficient (Wildman–Crippen LogP) is 4.62. The molecule has 0 spiro atoms. The standard InChI is InChI=1S/C22H22N2O2/c1-17-6-5-9-20(14-17)23-15-18-10-12-21(13-11-18)26-16-22(25)24-19-7-3-2-4-8-19/h2-14,23H,15-16H2,1H3,(H,24,25). The Morgan fingerprint density at radius 2 is 1.62 bits per heavy atom. The van der Waals surface area contributed by atoms with E-state index in [1.807, 2.05) is 60.7 Å². The molecule has 0 heterocycles. The Bertz CT molecular complexity index is 846. The maximum Gasteiger partial charge on any atom is 0.262 e. The number of hydrogen-bond donors (Lipinski definition) is 2. The second-order valence-corrected chi connectivity index (χ2v) is 6.07. The number of para-hydroxylation sites is 1. The molecule has 1 amide bonds. The normalized spacial score (nSPS) is 10.2. The summed E-state index contributed by atoms with van der Waals surface area (Å²) in [5.41, 5.74) is 4.24. The number of ether oxygens (including phenoxy) is 1. The molecule has 0 aliphatic rings. The molecule has 3 rings (SSSR count). The van der Waals surface area contributed by atoms with Crippen molar-refractivity contribution in [3.05, 3.63) is 90.0 Å². The van der Waals surface area contributed by atoms with E-state index in [1.165, 1.54) is 5.56 Å². The predicted molar refractivity (Wildman–Crippen MR) is 106 cm³/mol. The van der Waals surface area contributed by atoms with Crippen LogP contribution in [0.3, 0.4) is 0 Å². The molecule has 0 fully saturated rings. The molecular weight excluding hydrogens is 324 g/mol. The van der Waals surface area contributed by atoms with Gasteiger partial charge in [-0.1, -0.05) is 42.5 Å². The maximum absolute atomic E-state index is 11.9. The molecule has 4 heteroatoms. The van der Waals surface area contributed by atoms with Crippen molar-refractivity contribution in [1.29, 1.82) is 0 Å². The molecule has 0 aliphatic carbocycles. The monoisotopic (exact) mass is 346 g/mol. The number of amides is 1. The van der Waals surface area contributed by atoms with Gasteiger partial charge in [-0.05, 0) is 54.4 Å². The van der Waals surface area contributed by atoms with Gasteiger partial charge in [0.05, 0.1) is 0 Å². The van der Waals surface area contributed by atoms with E-state index in [0.717, 1.165) is 23.5 Å². The quantitative estimate of drug-likeness (QED) is 0.656. The molecule has 4 nitrogen and oxygen atoms in total. The minimum absolute atomic E-state index is 0.0181. The summed E-state index contributed by atoms with van der Waals surface area (Å²) in [6.45, 7) is 2.79. The van der Waals surface area contributed by atoms with Crippen molar-refractivity contribution in [3.63, 3.8) is 0 Å². The van der Waals surface area contributed by atoms with Crippen LogP contribution in [0, 0.1) is 6.92 Å². The first-order valence-corrected chi connectivity index (χ1v) is 8.56. The molecule has 0 radical (unpaired) electrons. The molecule has 0 atom stereocenters. The summed E-state index contributed by atoms with van der Waals surface area (Å²) in [6.07, 6.45) is 0. The highest BCUT2D eigenvalue weighted by Crippen LogP contribution is 2.15. The minimum Gasteiger partial charge on any atom is -0.484 e. The van der Waals surface area contributed by atoms with Crippen LogP contribution in [-0.2, 0) is 11.3 Å². The fourth-order valence-corrected chi connectivity index (χ4v) is 2.53. The van der Waals surface area contributed by atoms with E-state index in [2.05, 4.69) is 35.8 Å². The van der Waals surface area contributed by atoms with Gasteiger partial charge >= 0.3 is 0 Å². The Hall–Kier alpha value is -3.27. The van der Waals surface area contributed by atoms with Crippen LogP contribution >= 0.6 is 0 Å². The summed E-state index contributed by atoms with van der Waals surface area (Å²) in [4.78, 5) is 11.9. The SMILES string of the molecule is Cc1cccc(NCc2ccc(OCC(=O)Nc3ccccc3)cc2)c1.